The molecule has 2 rings (SSSR count). The Morgan fingerprint density at radius 2 is 2.29 bits per heavy atom. The zero-order valence-corrected chi connectivity index (χ0v) is 11.3. The fourth-order valence-electron chi connectivity index (χ4n) is 1.93. The summed E-state index contributed by atoms with van der Waals surface area (Å²) >= 11 is 5.88. The fourth-order valence-corrected chi connectivity index (χ4v) is 4.06. The maximum Gasteiger partial charge on any atom is 0.261 e. The van der Waals surface area contributed by atoms with Gasteiger partial charge in [0, 0.05) is 32.7 Å². The number of aromatic nitrogens is 2. The number of nitrogens with zero attached hydrogens (tertiary/aromatic N) is 3. The molecule has 0 unspecified atom stereocenters. The highest BCUT2D eigenvalue weighted by Crippen LogP contribution is 2.24. The second-order valence-electron chi connectivity index (χ2n) is 4.14. The molecule has 1 fully saturated rings. The smallest absolute Gasteiger partial charge is 0.261 e. The van der Waals surface area contributed by atoms with Gasteiger partial charge in [-0.05, 0) is 6.92 Å². The van der Waals surface area contributed by atoms with Gasteiger partial charge in [-0.25, -0.2) is 8.42 Å². The molecule has 1 aromatic rings. The van der Waals surface area contributed by atoms with Crippen LogP contribution in [-0.2, 0) is 17.1 Å². The van der Waals surface area contributed by atoms with E-state index in [1.165, 1.54) is 15.2 Å². The van der Waals surface area contributed by atoms with Crippen molar-refractivity contribution in [2.45, 2.75) is 18.0 Å². The van der Waals surface area contributed by atoms with Crippen molar-refractivity contribution in [2.24, 2.45) is 7.05 Å². The molecule has 96 valence electrons. The molecule has 1 aliphatic rings. The average molecular weight is 279 g/mol. The first-order chi connectivity index (χ1) is 7.93. The van der Waals surface area contributed by atoms with Gasteiger partial charge in [-0.2, -0.15) is 9.40 Å². The van der Waals surface area contributed by atoms with Gasteiger partial charge >= 0.3 is 0 Å². The molecule has 0 aromatic carbocycles. The first kappa shape index (κ1) is 12.8. The summed E-state index contributed by atoms with van der Waals surface area (Å²) < 4.78 is 27.5. The van der Waals surface area contributed by atoms with Gasteiger partial charge in [0.2, 0.25) is 0 Å². The molecule has 0 spiro atoms. The minimum atomic E-state index is -3.55. The van der Waals surface area contributed by atoms with E-state index in [-0.39, 0.29) is 16.1 Å². The third kappa shape index (κ3) is 2.33. The summed E-state index contributed by atoms with van der Waals surface area (Å²) in [7, 11) is -1.98. The first-order valence-electron chi connectivity index (χ1n) is 5.34. The molecule has 1 atom stereocenters. The van der Waals surface area contributed by atoms with Crippen molar-refractivity contribution < 1.29 is 8.42 Å². The van der Waals surface area contributed by atoms with Crippen molar-refractivity contribution in [1.82, 2.24) is 19.4 Å². The van der Waals surface area contributed by atoms with E-state index in [1.807, 2.05) is 6.92 Å². The van der Waals surface area contributed by atoms with Gasteiger partial charge in [-0.3, -0.25) is 4.68 Å². The van der Waals surface area contributed by atoms with Crippen LogP contribution in [0.15, 0.2) is 11.2 Å². The number of sulfonamides is 1. The summed E-state index contributed by atoms with van der Waals surface area (Å²) in [6.45, 7) is 3.50. The van der Waals surface area contributed by atoms with Crippen LogP contribution in [0.4, 0.5) is 0 Å². The van der Waals surface area contributed by atoms with Crippen LogP contribution in [0.5, 0.6) is 0 Å². The summed E-state index contributed by atoms with van der Waals surface area (Å²) in [6.07, 6.45) is 1.35. The molecule has 17 heavy (non-hydrogen) atoms. The Kier molecular flexibility index (Phi) is 3.44. The monoisotopic (exact) mass is 278 g/mol. The van der Waals surface area contributed by atoms with Crippen molar-refractivity contribution in [3.63, 3.8) is 0 Å². The largest absolute Gasteiger partial charge is 0.312 e. The van der Waals surface area contributed by atoms with E-state index in [1.54, 1.807) is 7.05 Å². The molecule has 1 aromatic heterocycles. The van der Waals surface area contributed by atoms with E-state index in [4.69, 9.17) is 11.6 Å². The number of halogens is 1. The molecule has 1 saturated heterocycles. The minimum absolute atomic E-state index is 0.0632. The summed E-state index contributed by atoms with van der Waals surface area (Å²) in [4.78, 5) is 0. The highest BCUT2D eigenvalue weighted by atomic mass is 35.5. The molecule has 0 radical (unpaired) electrons. The van der Waals surface area contributed by atoms with Crippen LogP contribution in [0.1, 0.15) is 6.92 Å². The van der Waals surface area contributed by atoms with E-state index in [2.05, 4.69) is 10.4 Å². The Bertz CT molecular complexity index is 494. The van der Waals surface area contributed by atoms with Crippen molar-refractivity contribution in [1.29, 1.82) is 0 Å². The van der Waals surface area contributed by atoms with Crippen molar-refractivity contribution in [2.75, 3.05) is 19.6 Å². The lowest BCUT2D eigenvalue weighted by Gasteiger charge is -2.30. The molecular formula is C9H15ClN4O2S. The molecule has 0 bridgehead atoms. The van der Waals surface area contributed by atoms with Crippen LogP contribution in [0.2, 0.25) is 5.02 Å². The molecule has 0 saturated carbocycles. The lowest BCUT2D eigenvalue weighted by Crippen LogP contribution is -2.51. The van der Waals surface area contributed by atoms with Crippen LogP contribution < -0.4 is 5.32 Å². The molecule has 1 aliphatic heterocycles. The fraction of sp³-hybridized carbons (Fsp3) is 0.667. The molecular weight excluding hydrogens is 264 g/mol. The number of aryl methyl sites for hydroxylation is 1. The van der Waals surface area contributed by atoms with E-state index in [9.17, 15) is 8.42 Å². The number of piperazine rings is 1. The number of hydrogen-bond donors (Lipinski definition) is 1. The third-order valence-corrected chi connectivity index (χ3v) is 5.13. The van der Waals surface area contributed by atoms with Gasteiger partial charge in [0.05, 0.1) is 11.2 Å². The van der Waals surface area contributed by atoms with Gasteiger partial charge in [0.1, 0.15) is 0 Å². The lowest BCUT2D eigenvalue weighted by molar-refractivity contribution is 0.308. The molecule has 0 aliphatic carbocycles. The predicted octanol–water partition coefficient (Wildman–Crippen LogP) is 0.0559. The Balaban J connectivity index is 2.36. The van der Waals surface area contributed by atoms with Gasteiger partial charge in [0.15, 0.2) is 5.03 Å². The summed E-state index contributed by atoms with van der Waals surface area (Å²) in [5.74, 6) is 0. The number of nitrogens with one attached hydrogen (secondary N) is 1. The normalized spacial score (nSPS) is 22.9. The van der Waals surface area contributed by atoms with Gasteiger partial charge in [-0.1, -0.05) is 11.6 Å². The van der Waals surface area contributed by atoms with Crippen LogP contribution >= 0.6 is 11.6 Å². The molecule has 0 amide bonds. The summed E-state index contributed by atoms with van der Waals surface area (Å²) in [5.41, 5.74) is 0. The second-order valence-corrected chi connectivity index (χ2v) is 6.40. The Hall–Kier alpha value is -0.630. The van der Waals surface area contributed by atoms with Crippen molar-refractivity contribution in [3.8, 4) is 0 Å². The maximum absolute atomic E-state index is 12.4. The van der Waals surface area contributed by atoms with Crippen molar-refractivity contribution in [3.05, 3.63) is 11.2 Å². The summed E-state index contributed by atoms with van der Waals surface area (Å²) in [6, 6.07) is 0.144. The average Bonchev–Trinajstić information content (AvgIpc) is 2.59. The Morgan fingerprint density at radius 3 is 2.82 bits per heavy atom. The SMILES string of the molecule is C[C@H]1CN(S(=O)(=O)c2c(Cl)cnn2C)CCN1. The van der Waals surface area contributed by atoms with Crippen molar-refractivity contribution >= 4 is 21.6 Å². The maximum atomic E-state index is 12.4. The number of rotatable bonds is 2. The van der Waals surface area contributed by atoms with Crippen LogP contribution in [0.25, 0.3) is 0 Å². The summed E-state index contributed by atoms with van der Waals surface area (Å²) in [5, 5.41) is 7.29. The molecule has 6 nitrogen and oxygen atoms in total. The molecule has 8 heteroatoms. The van der Waals surface area contributed by atoms with Gasteiger partial charge in [0.25, 0.3) is 10.0 Å². The third-order valence-electron chi connectivity index (χ3n) is 2.76. The predicted molar refractivity (Wildman–Crippen MR) is 64.4 cm³/mol. The van der Waals surface area contributed by atoms with Gasteiger partial charge in [-0.15, -0.1) is 0 Å². The lowest BCUT2D eigenvalue weighted by atomic mass is 10.3. The molecule has 2 heterocycles. The van der Waals surface area contributed by atoms with Crippen LogP contribution in [-0.4, -0.2) is 48.2 Å². The Labute approximate surface area is 106 Å². The number of hydrogen-bond acceptors (Lipinski definition) is 4. The Morgan fingerprint density at radius 1 is 1.59 bits per heavy atom. The standard InChI is InChI=1S/C9H15ClN4O2S/c1-7-6-14(4-3-11-7)17(15,16)9-8(10)5-12-13(9)2/h5,7,11H,3-4,6H2,1-2H3/t7-/m0/s1. The van der Waals surface area contributed by atoms with Gasteiger partial charge < -0.3 is 5.32 Å². The van der Waals surface area contributed by atoms with E-state index in [0.29, 0.717) is 19.6 Å². The van der Waals surface area contributed by atoms with Crippen LogP contribution in [0, 0.1) is 0 Å². The first-order valence-corrected chi connectivity index (χ1v) is 7.16. The zero-order valence-electron chi connectivity index (χ0n) is 9.72. The highest BCUT2D eigenvalue weighted by Gasteiger charge is 2.32. The topological polar surface area (TPSA) is 67.2 Å². The molecule has 1 N–H and O–H groups in total. The van der Waals surface area contributed by atoms with E-state index < -0.39 is 10.0 Å². The zero-order chi connectivity index (χ0) is 12.6. The second kappa shape index (κ2) is 4.56. The van der Waals surface area contributed by atoms with E-state index in [0.717, 1.165) is 0 Å². The highest BCUT2D eigenvalue weighted by molar-refractivity contribution is 7.89. The van der Waals surface area contributed by atoms with E-state index >= 15 is 0 Å². The quantitative estimate of drug-likeness (QED) is 0.830. The minimum Gasteiger partial charge on any atom is -0.312 e. The van der Waals surface area contributed by atoms with Crippen LogP contribution in [0.3, 0.4) is 0 Å².